The average Bonchev–Trinajstić information content (AvgIpc) is 3.95. The smallest absolute Gasteiger partial charge is 0.132 e. The summed E-state index contributed by atoms with van der Waals surface area (Å²) in [6.07, 6.45) is 11.7. The number of azo groups is 1. The van der Waals surface area contributed by atoms with Crippen molar-refractivity contribution in [1.29, 1.82) is 0 Å². The van der Waals surface area contributed by atoms with Gasteiger partial charge in [0.15, 0.2) is 0 Å². The number of benzene rings is 5. The molecule has 5 nitrogen and oxygen atoms in total. The maximum absolute atomic E-state index is 15.5. The molecule has 0 saturated heterocycles. The number of hydrogen-bond acceptors (Lipinski definition) is 7. The van der Waals surface area contributed by atoms with Gasteiger partial charge in [-0.3, -0.25) is 0 Å². The number of aromatic nitrogens is 2. The summed E-state index contributed by atoms with van der Waals surface area (Å²) >= 11 is 2.80. The molecule has 0 amide bonds. The molecule has 0 fully saturated rings. The van der Waals surface area contributed by atoms with Crippen LogP contribution in [0.2, 0.25) is 0 Å². The molecular formula is C49H53FN4OS2. The van der Waals surface area contributed by atoms with E-state index in [-0.39, 0.29) is 5.82 Å². The molecule has 7 rings (SSSR count). The van der Waals surface area contributed by atoms with Crippen molar-refractivity contribution in [2.24, 2.45) is 22.1 Å². The van der Waals surface area contributed by atoms with E-state index in [1.165, 1.54) is 56.7 Å². The largest absolute Gasteiger partial charge is 0.493 e. The second-order valence-electron chi connectivity index (χ2n) is 15.2. The summed E-state index contributed by atoms with van der Waals surface area (Å²) in [6.45, 7) is 9.72. The average molecular weight is 797 g/mol. The van der Waals surface area contributed by atoms with Crippen molar-refractivity contribution in [2.45, 2.75) is 91.9 Å². The fraction of sp³-hybridized carbons (Fsp3) is 0.347. The van der Waals surface area contributed by atoms with E-state index < -0.39 is 0 Å². The Morgan fingerprint density at radius 2 is 1.32 bits per heavy atom. The molecule has 0 aliphatic rings. The fourth-order valence-corrected chi connectivity index (χ4v) is 9.28. The molecule has 294 valence electrons. The summed E-state index contributed by atoms with van der Waals surface area (Å²) in [6, 6.07) is 34.4. The van der Waals surface area contributed by atoms with Gasteiger partial charge in [0.05, 0.1) is 29.7 Å². The highest BCUT2D eigenvalue weighted by molar-refractivity contribution is 7.19. The number of rotatable bonds is 19. The molecule has 2 aromatic heterocycles. The maximum atomic E-state index is 15.5. The zero-order valence-corrected chi connectivity index (χ0v) is 35.3. The number of ether oxygens (including phenoxy) is 1. The summed E-state index contributed by atoms with van der Waals surface area (Å²) in [7, 11) is 0. The normalized spacial score (nSPS) is 12.9. The number of thiophene rings is 1. The van der Waals surface area contributed by atoms with E-state index in [0.717, 1.165) is 96.8 Å². The number of unbranched alkanes of at least 4 members (excludes halogenated alkanes) is 2. The summed E-state index contributed by atoms with van der Waals surface area (Å²) in [5, 5.41) is 11.4. The highest BCUT2D eigenvalue weighted by Gasteiger charge is 2.17. The highest BCUT2D eigenvalue weighted by Crippen LogP contribution is 2.41. The van der Waals surface area contributed by atoms with Crippen molar-refractivity contribution in [3.63, 3.8) is 0 Å². The Hall–Kier alpha value is -4.79. The predicted molar refractivity (Wildman–Crippen MR) is 240 cm³/mol. The molecule has 2 unspecified atom stereocenters. The Morgan fingerprint density at radius 1 is 0.649 bits per heavy atom. The first-order chi connectivity index (χ1) is 28.0. The van der Waals surface area contributed by atoms with Gasteiger partial charge in [0.25, 0.3) is 0 Å². The standard InChI is InChI=1S/C49H53FN4OS2/c1-5-9-13-33(7-3)17-18-35-19-24-41(43(50)31-35)46-29-30-47(56-46)42-26-25-38(48-49(42)54-57-53-48)36-20-22-37(23-21-36)51-52-44-27-28-45(40-16-12-11-15-39(40)44)55-32-34(8-4)14-10-6-2/h11-12,15-16,19-31,33-34H,5-10,13-14,17-18,32H2,1-4H3. The molecule has 7 aromatic rings. The van der Waals surface area contributed by atoms with Crippen molar-refractivity contribution < 1.29 is 9.13 Å². The third-order valence-corrected chi connectivity index (χ3v) is 13.0. The van der Waals surface area contributed by atoms with Crippen molar-refractivity contribution in [2.75, 3.05) is 6.61 Å². The Kier molecular flexibility index (Phi) is 13.9. The number of halogens is 1. The number of nitrogens with zero attached hydrogens (tertiary/aromatic N) is 4. The van der Waals surface area contributed by atoms with E-state index in [2.05, 4.69) is 86.5 Å². The van der Waals surface area contributed by atoms with E-state index in [0.29, 0.717) is 17.4 Å². The van der Waals surface area contributed by atoms with Crippen LogP contribution in [0.1, 0.15) is 91.0 Å². The van der Waals surface area contributed by atoms with Crippen LogP contribution in [0.5, 0.6) is 5.75 Å². The highest BCUT2D eigenvalue weighted by atomic mass is 32.1. The first-order valence-corrected chi connectivity index (χ1v) is 22.3. The molecule has 57 heavy (non-hydrogen) atoms. The maximum Gasteiger partial charge on any atom is 0.132 e. The van der Waals surface area contributed by atoms with Crippen molar-refractivity contribution in [3.8, 4) is 37.8 Å². The van der Waals surface area contributed by atoms with Gasteiger partial charge in [0, 0.05) is 37.2 Å². The van der Waals surface area contributed by atoms with Crippen LogP contribution in [0.25, 0.3) is 53.8 Å². The summed E-state index contributed by atoms with van der Waals surface area (Å²) < 4.78 is 31.3. The van der Waals surface area contributed by atoms with Gasteiger partial charge in [-0.2, -0.15) is 13.9 Å². The lowest BCUT2D eigenvalue weighted by atomic mass is 9.92. The first kappa shape index (κ1) is 40.4. The minimum Gasteiger partial charge on any atom is -0.493 e. The predicted octanol–water partition coefficient (Wildman–Crippen LogP) is 16.2. The quantitative estimate of drug-likeness (QED) is 0.0766. The molecular weight excluding hydrogens is 744 g/mol. The fourth-order valence-electron chi connectivity index (χ4n) is 7.65. The van der Waals surface area contributed by atoms with Crippen molar-refractivity contribution >= 4 is 56.2 Å². The van der Waals surface area contributed by atoms with Gasteiger partial charge in [-0.05, 0) is 84.7 Å². The van der Waals surface area contributed by atoms with E-state index in [4.69, 9.17) is 13.5 Å². The van der Waals surface area contributed by atoms with Crippen LogP contribution in [0.15, 0.2) is 113 Å². The zero-order valence-electron chi connectivity index (χ0n) is 33.6. The van der Waals surface area contributed by atoms with Gasteiger partial charge >= 0.3 is 0 Å². The van der Waals surface area contributed by atoms with Crippen LogP contribution in [0, 0.1) is 17.7 Å². The Morgan fingerprint density at radius 3 is 2.04 bits per heavy atom. The van der Waals surface area contributed by atoms with Gasteiger partial charge in [0.2, 0.25) is 0 Å². The van der Waals surface area contributed by atoms with E-state index in [1.54, 1.807) is 17.4 Å². The van der Waals surface area contributed by atoms with E-state index >= 15 is 4.39 Å². The second kappa shape index (κ2) is 19.6. The minimum atomic E-state index is -0.157. The molecule has 5 aromatic carbocycles. The zero-order chi connectivity index (χ0) is 39.6. The first-order valence-electron chi connectivity index (χ1n) is 20.8. The lowest BCUT2D eigenvalue weighted by molar-refractivity contribution is 0.235. The summed E-state index contributed by atoms with van der Waals surface area (Å²) in [5.41, 5.74) is 8.03. The molecule has 0 spiro atoms. The third kappa shape index (κ3) is 9.68. The number of aryl methyl sites for hydroxylation is 1. The van der Waals surface area contributed by atoms with E-state index in [9.17, 15) is 0 Å². The lowest BCUT2D eigenvalue weighted by Crippen LogP contribution is -2.11. The van der Waals surface area contributed by atoms with Gasteiger partial charge in [-0.15, -0.1) is 16.5 Å². The van der Waals surface area contributed by atoms with Gasteiger partial charge in [0.1, 0.15) is 22.6 Å². The minimum absolute atomic E-state index is 0.157. The molecule has 0 aliphatic carbocycles. The molecule has 0 bridgehead atoms. The van der Waals surface area contributed by atoms with Gasteiger partial charge < -0.3 is 4.74 Å². The molecule has 2 heterocycles. The van der Waals surface area contributed by atoms with Crippen LogP contribution in [0.4, 0.5) is 15.8 Å². The summed E-state index contributed by atoms with van der Waals surface area (Å²) in [4.78, 5) is 1.95. The Bertz CT molecular complexity index is 2420. The van der Waals surface area contributed by atoms with Crippen LogP contribution < -0.4 is 4.74 Å². The molecule has 2 atom stereocenters. The molecule has 0 aliphatic heterocycles. The van der Waals surface area contributed by atoms with E-state index in [1.807, 2.05) is 48.5 Å². The third-order valence-electron chi connectivity index (χ3n) is 11.3. The Labute approximate surface area is 345 Å². The van der Waals surface area contributed by atoms with Gasteiger partial charge in [-0.1, -0.05) is 133 Å². The Balaban J connectivity index is 1.05. The van der Waals surface area contributed by atoms with Crippen molar-refractivity contribution in [1.82, 2.24) is 8.75 Å². The topological polar surface area (TPSA) is 59.7 Å². The summed E-state index contributed by atoms with van der Waals surface area (Å²) in [5.74, 6) is 2.01. The van der Waals surface area contributed by atoms with Crippen molar-refractivity contribution in [3.05, 3.63) is 115 Å². The number of fused-ring (bicyclic) bond motifs is 2. The molecule has 0 radical (unpaired) electrons. The molecule has 0 saturated carbocycles. The molecule has 8 heteroatoms. The monoisotopic (exact) mass is 796 g/mol. The van der Waals surface area contributed by atoms with Crippen LogP contribution in [-0.4, -0.2) is 15.4 Å². The number of hydrogen-bond donors (Lipinski definition) is 0. The second-order valence-corrected chi connectivity index (χ2v) is 16.8. The van der Waals surface area contributed by atoms with Crippen LogP contribution >= 0.6 is 23.1 Å². The lowest BCUT2D eigenvalue weighted by Gasteiger charge is -2.17. The SMILES string of the molecule is CCCCC(CC)CCc1ccc(-c2ccc(-c3ccc(-c4ccc(N=Nc5ccc(OCC(CC)CCCC)c6ccccc56)cc4)c4nsnc34)s2)c(F)c1. The molecule has 0 N–H and O–H groups in total. The van der Waals surface area contributed by atoms with Crippen LogP contribution in [0.3, 0.4) is 0 Å². The van der Waals surface area contributed by atoms with Gasteiger partial charge in [-0.25, -0.2) is 4.39 Å². The van der Waals surface area contributed by atoms with Crippen LogP contribution in [-0.2, 0) is 6.42 Å².